The van der Waals surface area contributed by atoms with Crippen molar-refractivity contribution in [3.8, 4) is 33.5 Å². The maximum absolute atomic E-state index is 13.7. The second-order valence-electron chi connectivity index (χ2n) is 13.6. The van der Waals surface area contributed by atoms with Gasteiger partial charge in [-0.15, -0.1) is 0 Å². The van der Waals surface area contributed by atoms with Crippen LogP contribution in [0.3, 0.4) is 0 Å². The molecule has 1 aliphatic rings. The van der Waals surface area contributed by atoms with Gasteiger partial charge in [0.05, 0.1) is 42.1 Å². The molecule has 1 fully saturated rings. The Morgan fingerprint density at radius 3 is 2.16 bits per heavy atom. The molecule has 10 nitrogen and oxygen atoms in total. The van der Waals surface area contributed by atoms with Crippen molar-refractivity contribution in [3.05, 3.63) is 84.6 Å². The highest BCUT2D eigenvalue weighted by molar-refractivity contribution is 5.87. The summed E-state index contributed by atoms with van der Waals surface area (Å²) in [5.74, 6) is 2.11. The van der Waals surface area contributed by atoms with Crippen molar-refractivity contribution < 1.29 is 14.3 Å². The number of imidazole rings is 2. The van der Waals surface area contributed by atoms with Crippen LogP contribution in [-0.4, -0.2) is 63.1 Å². The van der Waals surface area contributed by atoms with Gasteiger partial charge in [0, 0.05) is 6.54 Å². The van der Waals surface area contributed by atoms with Crippen LogP contribution in [-0.2, 0) is 9.53 Å². The number of rotatable bonds is 11. The normalized spacial score (nSPS) is 17.3. The predicted octanol–water partition coefficient (Wildman–Crippen LogP) is 7.64. The van der Waals surface area contributed by atoms with Crippen molar-refractivity contribution in [1.82, 2.24) is 35.5 Å². The number of nitrogens with zero attached hydrogens (tertiary/aromatic N) is 3. The first-order chi connectivity index (χ1) is 23.6. The molecule has 6 rings (SSSR count). The zero-order valence-corrected chi connectivity index (χ0v) is 29.2. The Balaban J connectivity index is 1.16. The van der Waals surface area contributed by atoms with E-state index in [9.17, 15) is 9.59 Å². The summed E-state index contributed by atoms with van der Waals surface area (Å²) in [6.45, 7) is 11.6. The molecule has 0 spiro atoms. The van der Waals surface area contributed by atoms with Crippen LogP contribution in [0, 0.1) is 11.8 Å². The summed E-state index contributed by atoms with van der Waals surface area (Å²) in [5, 5.41) is 6.26. The number of benzene rings is 3. The summed E-state index contributed by atoms with van der Waals surface area (Å²) < 4.78 is 4.77. The predicted molar refractivity (Wildman–Crippen MR) is 194 cm³/mol. The Kier molecular flexibility index (Phi) is 10.1. The van der Waals surface area contributed by atoms with Gasteiger partial charge >= 0.3 is 6.09 Å². The molecule has 0 bridgehead atoms. The lowest BCUT2D eigenvalue weighted by Crippen LogP contribution is -2.52. The fourth-order valence-electron chi connectivity index (χ4n) is 6.65. The third-order valence-electron chi connectivity index (χ3n) is 9.53. The van der Waals surface area contributed by atoms with Gasteiger partial charge in [0.15, 0.2) is 0 Å². The van der Waals surface area contributed by atoms with Crippen molar-refractivity contribution in [2.24, 2.45) is 11.8 Å². The van der Waals surface area contributed by atoms with Crippen LogP contribution in [0.25, 0.3) is 44.5 Å². The highest BCUT2D eigenvalue weighted by atomic mass is 16.5. The third-order valence-corrected chi connectivity index (χ3v) is 9.53. The van der Waals surface area contributed by atoms with Crippen molar-refractivity contribution >= 4 is 23.0 Å². The van der Waals surface area contributed by atoms with Crippen LogP contribution in [0.4, 0.5) is 4.79 Å². The molecular formula is C39H47N7O3. The Hall–Kier alpha value is -4.96. The number of carbonyl (C=O) groups is 2. The van der Waals surface area contributed by atoms with E-state index < -0.39 is 12.1 Å². The number of amides is 2. The summed E-state index contributed by atoms with van der Waals surface area (Å²) in [4.78, 5) is 43.9. The van der Waals surface area contributed by atoms with Crippen LogP contribution in [0.2, 0.25) is 0 Å². The number of ether oxygens (including phenoxy) is 1. The van der Waals surface area contributed by atoms with Crippen LogP contribution in [0.5, 0.6) is 0 Å². The number of alkyl carbamates (subject to hydrolysis) is 1. The number of methoxy groups -OCH3 is 1. The third kappa shape index (κ3) is 7.39. The molecule has 0 aliphatic carbocycles. The van der Waals surface area contributed by atoms with Crippen LogP contribution in [0.1, 0.15) is 71.2 Å². The number of H-pyrrole nitrogens is 2. The van der Waals surface area contributed by atoms with Gasteiger partial charge in [0.2, 0.25) is 5.91 Å². The Morgan fingerprint density at radius 2 is 1.57 bits per heavy atom. The van der Waals surface area contributed by atoms with Crippen molar-refractivity contribution in [2.75, 3.05) is 20.2 Å². The lowest BCUT2D eigenvalue weighted by Gasteiger charge is -2.32. The minimum Gasteiger partial charge on any atom is -0.453 e. The van der Waals surface area contributed by atoms with Gasteiger partial charge in [-0.1, -0.05) is 82.3 Å². The summed E-state index contributed by atoms with van der Waals surface area (Å²) in [7, 11) is 1.30. The molecule has 10 heteroatoms. The fourth-order valence-corrected chi connectivity index (χ4v) is 6.65. The Bertz CT molecular complexity index is 1890. The average molecular weight is 662 g/mol. The van der Waals surface area contributed by atoms with E-state index in [1.54, 1.807) is 4.90 Å². The Morgan fingerprint density at radius 1 is 0.939 bits per heavy atom. The molecule has 256 valence electrons. The zero-order chi connectivity index (χ0) is 34.7. The number of aromatic amines is 2. The van der Waals surface area contributed by atoms with E-state index in [2.05, 4.69) is 93.2 Å². The number of aromatic nitrogens is 4. The van der Waals surface area contributed by atoms with E-state index in [0.29, 0.717) is 24.3 Å². The van der Waals surface area contributed by atoms with Crippen LogP contribution < -0.4 is 10.6 Å². The topological polar surface area (TPSA) is 128 Å². The summed E-state index contributed by atoms with van der Waals surface area (Å²) in [6, 6.07) is 22.6. The molecule has 5 aromatic rings. The standard InChI is InChI=1S/C39H47N7O3/c1-7-18-46(38(47)35(23(2)3)45-39(48)49-6)25(5)36-42-31-17-16-30(20-32(31)43-36)28-10-8-26(9-11-28)27-12-14-29(15-13-27)34-22-41-37(44-34)33-19-24(4)21-40-33/h8-17,20,22-25,33,35,40H,7,18-19,21H2,1-6H3,(H,41,44)(H,42,43)(H,45,48)/t24-,25-,33-,35-/m0/s1. The van der Waals surface area contributed by atoms with Gasteiger partial charge in [-0.05, 0) is 78.1 Å². The number of carbonyl (C=O) groups excluding carboxylic acids is 2. The monoisotopic (exact) mass is 661 g/mol. The first-order valence-electron chi connectivity index (χ1n) is 17.3. The minimum absolute atomic E-state index is 0.110. The molecule has 2 amide bonds. The molecule has 1 aliphatic heterocycles. The summed E-state index contributed by atoms with van der Waals surface area (Å²) in [6.07, 6.45) is 3.18. The molecule has 0 radical (unpaired) electrons. The van der Waals surface area contributed by atoms with Gasteiger partial charge in [-0.3, -0.25) is 4.79 Å². The van der Waals surface area contributed by atoms with E-state index >= 15 is 0 Å². The van der Waals surface area contributed by atoms with Gasteiger partial charge in [-0.25, -0.2) is 14.8 Å². The highest BCUT2D eigenvalue weighted by Gasteiger charge is 2.32. The van der Waals surface area contributed by atoms with Gasteiger partial charge < -0.3 is 30.2 Å². The minimum atomic E-state index is -0.703. The molecular weight excluding hydrogens is 614 g/mol. The van der Waals surface area contributed by atoms with Crippen molar-refractivity contribution in [3.63, 3.8) is 0 Å². The van der Waals surface area contributed by atoms with Gasteiger partial charge in [0.1, 0.15) is 17.7 Å². The SMILES string of the molecule is CCCN(C(=O)[C@@H](NC(=O)OC)C(C)C)[C@@H](C)c1nc2ccc(-c3ccc(-c4ccc(-c5cnc([C@@H]6C[C@H](C)CN6)[nH]5)cc4)cc3)cc2[nH]1. The maximum Gasteiger partial charge on any atom is 0.407 e. The van der Waals surface area contributed by atoms with E-state index in [-0.39, 0.29) is 17.9 Å². The summed E-state index contributed by atoms with van der Waals surface area (Å²) in [5.41, 5.74) is 8.34. The van der Waals surface area contributed by atoms with E-state index in [0.717, 1.165) is 69.8 Å². The second kappa shape index (κ2) is 14.7. The van der Waals surface area contributed by atoms with Gasteiger partial charge in [0.25, 0.3) is 0 Å². The van der Waals surface area contributed by atoms with Gasteiger partial charge in [-0.2, -0.15) is 0 Å². The maximum atomic E-state index is 13.7. The second-order valence-corrected chi connectivity index (χ2v) is 13.6. The zero-order valence-electron chi connectivity index (χ0n) is 29.2. The lowest BCUT2D eigenvalue weighted by molar-refractivity contribution is -0.136. The summed E-state index contributed by atoms with van der Waals surface area (Å²) >= 11 is 0. The van der Waals surface area contributed by atoms with Crippen molar-refractivity contribution in [1.29, 1.82) is 0 Å². The molecule has 2 aromatic heterocycles. The largest absolute Gasteiger partial charge is 0.453 e. The fraction of sp³-hybridized carbons (Fsp3) is 0.385. The number of fused-ring (bicyclic) bond motifs is 1. The quantitative estimate of drug-likeness (QED) is 0.115. The number of nitrogens with one attached hydrogen (secondary N) is 4. The number of hydrogen-bond acceptors (Lipinski definition) is 6. The van der Waals surface area contributed by atoms with E-state index in [1.807, 2.05) is 40.0 Å². The average Bonchev–Trinajstić information content (AvgIpc) is 3.88. The first kappa shape index (κ1) is 33.9. The molecule has 3 aromatic carbocycles. The molecule has 4 atom stereocenters. The lowest BCUT2D eigenvalue weighted by atomic mass is 9.99. The molecule has 1 saturated heterocycles. The van der Waals surface area contributed by atoms with Crippen molar-refractivity contribution in [2.45, 2.75) is 65.6 Å². The first-order valence-corrected chi connectivity index (χ1v) is 17.3. The molecule has 49 heavy (non-hydrogen) atoms. The number of hydrogen-bond donors (Lipinski definition) is 4. The van der Waals surface area contributed by atoms with Crippen LogP contribution >= 0.6 is 0 Å². The molecule has 4 N–H and O–H groups in total. The Labute approximate surface area is 288 Å². The highest BCUT2D eigenvalue weighted by Crippen LogP contribution is 2.31. The smallest absolute Gasteiger partial charge is 0.407 e. The van der Waals surface area contributed by atoms with E-state index in [4.69, 9.17) is 9.72 Å². The molecule has 0 saturated carbocycles. The van der Waals surface area contributed by atoms with E-state index in [1.165, 1.54) is 7.11 Å². The molecule has 0 unspecified atom stereocenters. The van der Waals surface area contributed by atoms with Crippen LogP contribution in [0.15, 0.2) is 72.9 Å². The molecule has 3 heterocycles.